The smallest absolute Gasteiger partial charge is 0.265 e. The summed E-state index contributed by atoms with van der Waals surface area (Å²) in [5, 5.41) is 3.33. The van der Waals surface area contributed by atoms with E-state index in [2.05, 4.69) is 5.32 Å². The fourth-order valence-corrected chi connectivity index (χ4v) is 6.91. The third-order valence-corrected chi connectivity index (χ3v) is 8.21. The zero-order chi connectivity index (χ0) is 18.5. The molecule has 6 nitrogen and oxygen atoms in total. The van der Waals surface area contributed by atoms with Gasteiger partial charge in [-0.25, -0.2) is 0 Å². The van der Waals surface area contributed by atoms with Crippen LogP contribution in [0.5, 0.6) is 0 Å². The minimum Gasteiger partial charge on any atom is -0.305 e. The van der Waals surface area contributed by atoms with Gasteiger partial charge in [-0.05, 0) is 56.4 Å². The van der Waals surface area contributed by atoms with Gasteiger partial charge in [-0.2, -0.15) is 8.42 Å². The zero-order valence-corrected chi connectivity index (χ0v) is 16.0. The van der Waals surface area contributed by atoms with E-state index in [-0.39, 0.29) is 22.7 Å². The highest BCUT2D eigenvalue weighted by Gasteiger charge is 2.65. The first kappa shape index (κ1) is 19.0. The van der Waals surface area contributed by atoms with Crippen molar-refractivity contribution >= 4 is 21.7 Å². The molecule has 25 heavy (non-hydrogen) atoms. The molecule has 3 atom stereocenters. The predicted molar refractivity (Wildman–Crippen MR) is 93.8 cm³/mol. The molecule has 0 radical (unpaired) electrons. The number of nitrogens with one attached hydrogen (secondary N) is 1. The van der Waals surface area contributed by atoms with Crippen LogP contribution < -0.4 is 5.32 Å². The summed E-state index contributed by atoms with van der Waals surface area (Å²) in [4.78, 5) is 23.2. The van der Waals surface area contributed by atoms with Crippen molar-refractivity contribution in [2.75, 3.05) is 12.3 Å². The third-order valence-electron chi connectivity index (χ3n) is 7.35. The van der Waals surface area contributed by atoms with E-state index in [1.165, 1.54) is 6.42 Å². The van der Waals surface area contributed by atoms with Crippen molar-refractivity contribution in [2.45, 2.75) is 70.8 Å². The summed E-state index contributed by atoms with van der Waals surface area (Å²) in [6, 6.07) is 0. The highest BCUT2D eigenvalue weighted by atomic mass is 32.2. The minimum atomic E-state index is -4.08. The summed E-state index contributed by atoms with van der Waals surface area (Å²) in [6.45, 7) is 4.94. The van der Waals surface area contributed by atoms with Crippen molar-refractivity contribution in [2.24, 2.45) is 16.7 Å². The van der Waals surface area contributed by atoms with Crippen molar-refractivity contribution < 1.29 is 22.6 Å². The Morgan fingerprint density at radius 2 is 1.80 bits per heavy atom. The maximum absolute atomic E-state index is 11.9. The van der Waals surface area contributed by atoms with Crippen LogP contribution in [0.4, 0.5) is 0 Å². The molecule has 0 aromatic heterocycles. The molecule has 4 rings (SSSR count). The Balaban J connectivity index is 0.000000157. The molecule has 3 aliphatic carbocycles. The van der Waals surface area contributed by atoms with Crippen LogP contribution in [0.1, 0.15) is 65.2 Å². The van der Waals surface area contributed by atoms with E-state index in [1.54, 1.807) is 0 Å². The molecule has 142 valence electrons. The molecule has 1 heterocycles. The summed E-state index contributed by atoms with van der Waals surface area (Å²) >= 11 is 0. The maximum Gasteiger partial charge on any atom is 0.265 e. The molecule has 1 saturated heterocycles. The highest BCUT2D eigenvalue weighted by molar-refractivity contribution is 7.85. The molecule has 4 fully saturated rings. The van der Waals surface area contributed by atoms with E-state index < -0.39 is 21.3 Å². The largest absolute Gasteiger partial charge is 0.305 e. The Bertz CT molecular complexity index is 672. The minimum absolute atomic E-state index is 0.0152. The number of hydrogen-bond acceptors (Lipinski definition) is 5. The summed E-state index contributed by atoms with van der Waals surface area (Å²) in [7, 11) is -4.08. The van der Waals surface area contributed by atoms with Gasteiger partial charge in [0.1, 0.15) is 5.78 Å². The molecule has 2 N–H and O–H groups in total. The van der Waals surface area contributed by atoms with Gasteiger partial charge in [-0.3, -0.25) is 14.1 Å². The number of rotatable bonds is 2. The summed E-state index contributed by atoms with van der Waals surface area (Å²) < 4.78 is 31.0. The lowest BCUT2D eigenvalue weighted by Crippen LogP contribution is -2.43. The van der Waals surface area contributed by atoms with Gasteiger partial charge in [-0.1, -0.05) is 13.8 Å². The number of fused-ring (bicyclic) bond motifs is 2. The summed E-state index contributed by atoms with van der Waals surface area (Å²) in [6.07, 6.45) is 7.25. The number of hydrogen-bond donors (Lipinski definition) is 2. The van der Waals surface area contributed by atoms with Crippen LogP contribution in [-0.2, 0) is 19.7 Å². The Morgan fingerprint density at radius 1 is 1.12 bits per heavy atom. The van der Waals surface area contributed by atoms with Gasteiger partial charge in [0.25, 0.3) is 10.1 Å². The van der Waals surface area contributed by atoms with Crippen LogP contribution in [-0.4, -0.2) is 42.4 Å². The lowest BCUT2D eigenvalue weighted by atomic mass is 9.70. The lowest BCUT2D eigenvalue weighted by molar-refractivity contribution is -0.128. The Hall–Kier alpha value is -0.790. The molecule has 0 aromatic rings. The molecule has 0 amide bonds. The molecule has 7 heteroatoms. The van der Waals surface area contributed by atoms with Gasteiger partial charge in [0.05, 0.1) is 16.7 Å². The van der Waals surface area contributed by atoms with Gasteiger partial charge in [0, 0.05) is 12.8 Å². The van der Waals surface area contributed by atoms with Crippen molar-refractivity contribution in [3.05, 3.63) is 0 Å². The SMILES string of the molecule is CC1(C)[C@@H]2CC[C@@]1(CS(=O)(=O)O)C(=O)C2.O=C1CCC[C@@]12CCCN2. The van der Waals surface area contributed by atoms with Crippen molar-refractivity contribution in [3.8, 4) is 0 Å². The topological polar surface area (TPSA) is 101 Å². The molecule has 3 saturated carbocycles. The molecule has 1 spiro atoms. The molecule has 0 aromatic carbocycles. The number of carbonyl (C=O) groups excluding carboxylic acids is 2. The second kappa shape index (κ2) is 6.13. The average molecular weight is 371 g/mol. The third kappa shape index (κ3) is 3.08. The van der Waals surface area contributed by atoms with Gasteiger partial charge >= 0.3 is 0 Å². The van der Waals surface area contributed by atoms with Gasteiger partial charge in [0.2, 0.25) is 0 Å². The second-order valence-electron chi connectivity index (χ2n) is 8.78. The van der Waals surface area contributed by atoms with Crippen molar-refractivity contribution in [1.82, 2.24) is 5.32 Å². The first-order valence-corrected chi connectivity index (χ1v) is 10.9. The fourth-order valence-electron chi connectivity index (χ4n) is 5.61. The zero-order valence-electron chi connectivity index (χ0n) is 15.1. The van der Waals surface area contributed by atoms with Crippen LogP contribution >= 0.6 is 0 Å². The van der Waals surface area contributed by atoms with Crippen molar-refractivity contribution in [3.63, 3.8) is 0 Å². The van der Waals surface area contributed by atoms with Crippen molar-refractivity contribution in [1.29, 1.82) is 0 Å². The van der Waals surface area contributed by atoms with E-state index in [1.807, 2.05) is 13.8 Å². The molecule has 1 aliphatic heterocycles. The quantitative estimate of drug-likeness (QED) is 0.721. The fraction of sp³-hybridized carbons (Fsp3) is 0.889. The van der Waals surface area contributed by atoms with E-state index >= 15 is 0 Å². The Labute approximate surface area is 149 Å². The molecule has 0 unspecified atom stereocenters. The standard InChI is InChI=1S/C10H16O4S.C8H13NO/c1-9(2)7-3-4-10(9,8(11)5-7)6-15(12,13)14;10-7-3-1-4-8(7)5-2-6-9-8/h7H,3-6H2,1-2H3,(H,12,13,14);9H,1-6H2/t7-,10-;8-/m11/s1. The van der Waals surface area contributed by atoms with Crippen LogP contribution in [0.25, 0.3) is 0 Å². The molecular weight excluding hydrogens is 342 g/mol. The Kier molecular flexibility index (Phi) is 4.66. The molecule has 2 bridgehead atoms. The van der Waals surface area contributed by atoms with Crippen LogP contribution in [0, 0.1) is 16.7 Å². The molecular formula is C18H29NO5S. The predicted octanol–water partition coefficient (Wildman–Crippen LogP) is 2.13. The summed E-state index contributed by atoms with van der Waals surface area (Å²) in [5.74, 6) is 0.362. The highest BCUT2D eigenvalue weighted by Crippen LogP contribution is 2.64. The maximum atomic E-state index is 11.9. The first-order chi connectivity index (χ1) is 11.5. The van der Waals surface area contributed by atoms with E-state index in [0.717, 1.165) is 38.6 Å². The lowest BCUT2D eigenvalue weighted by Gasteiger charge is -2.35. The van der Waals surface area contributed by atoms with Gasteiger partial charge < -0.3 is 5.32 Å². The van der Waals surface area contributed by atoms with Gasteiger partial charge in [-0.15, -0.1) is 0 Å². The first-order valence-electron chi connectivity index (χ1n) is 9.29. The molecule has 4 aliphatic rings. The monoisotopic (exact) mass is 371 g/mol. The van der Waals surface area contributed by atoms with Gasteiger partial charge in [0.15, 0.2) is 5.78 Å². The second-order valence-corrected chi connectivity index (χ2v) is 10.2. The number of carbonyl (C=O) groups is 2. The number of Topliss-reactive ketones (excluding diaryl/α,β-unsaturated/α-hetero) is 2. The number of ketones is 2. The summed E-state index contributed by atoms with van der Waals surface area (Å²) in [5.41, 5.74) is -1.16. The van der Waals surface area contributed by atoms with Crippen LogP contribution in [0.2, 0.25) is 0 Å². The van der Waals surface area contributed by atoms with Crippen LogP contribution in [0.3, 0.4) is 0 Å². The average Bonchev–Trinajstić information content (AvgIpc) is 3.20. The Morgan fingerprint density at radius 3 is 2.20 bits per heavy atom. The van der Waals surface area contributed by atoms with E-state index in [4.69, 9.17) is 4.55 Å². The van der Waals surface area contributed by atoms with E-state index in [9.17, 15) is 18.0 Å². The van der Waals surface area contributed by atoms with Crippen LogP contribution in [0.15, 0.2) is 0 Å². The normalized spacial score (nSPS) is 39.1. The van der Waals surface area contributed by atoms with E-state index in [0.29, 0.717) is 18.6 Å².